The first-order valence-corrected chi connectivity index (χ1v) is 4.55. The van der Waals surface area contributed by atoms with Crippen LogP contribution in [0, 0.1) is 12.8 Å². The van der Waals surface area contributed by atoms with Crippen molar-refractivity contribution in [1.82, 2.24) is 4.90 Å². The van der Waals surface area contributed by atoms with Gasteiger partial charge in [0.25, 0.3) is 0 Å². The molecule has 12 heavy (non-hydrogen) atoms. The van der Waals surface area contributed by atoms with Crippen molar-refractivity contribution < 1.29 is 4.79 Å². The number of nitrogens with zero attached hydrogens (tertiary/aromatic N) is 1. The van der Waals surface area contributed by atoms with E-state index in [2.05, 4.69) is 6.92 Å². The molecule has 0 aromatic rings. The summed E-state index contributed by atoms with van der Waals surface area (Å²) >= 11 is 0. The van der Waals surface area contributed by atoms with Gasteiger partial charge in [-0.15, -0.1) is 0 Å². The topological polar surface area (TPSA) is 46.3 Å². The molecule has 1 fully saturated rings. The highest BCUT2D eigenvalue weighted by atomic mass is 16.2. The third-order valence-electron chi connectivity index (χ3n) is 2.33. The van der Waals surface area contributed by atoms with Crippen molar-refractivity contribution >= 4 is 5.91 Å². The lowest BCUT2D eigenvalue weighted by molar-refractivity contribution is -0.132. The molecule has 0 unspecified atom stereocenters. The highest BCUT2D eigenvalue weighted by Gasteiger charge is 2.18. The van der Waals surface area contributed by atoms with Crippen LogP contribution in [0.1, 0.15) is 19.3 Å². The summed E-state index contributed by atoms with van der Waals surface area (Å²) in [6.45, 7) is 6.17. The summed E-state index contributed by atoms with van der Waals surface area (Å²) in [6.07, 6.45) is 2.56. The maximum atomic E-state index is 11.3. The number of rotatable bonds is 2. The van der Waals surface area contributed by atoms with Gasteiger partial charge in [-0.1, -0.05) is 6.92 Å². The van der Waals surface area contributed by atoms with Gasteiger partial charge in [-0.3, -0.25) is 4.79 Å². The van der Waals surface area contributed by atoms with Gasteiger partial charge >= 0.3 is 0 Å². The van der Waals surface area contributed by atoms with Crippen molar-refractivity contribution in [2.45, 2.75) is 19.3 Å². The van der Waals surface area contributed by atoms with Crippen molar-refractivity contribution in [3.63, 3.8) is 0 Å². The summed E-state index contributed by atoms with van der Waals surface area (Å²) in [5, 5.41) is 0. The molecule has 0 spiro atoms. The molecule has 0 atom stereocenters. The Kier molecular flexibility index (Phi) is 3.53. The van der Waals surface area contributed by atoms with Gasteiger partial charge in [-0.2, -0.15) is 0 Å². The van der Waals surface area contributed by atoms with Crippen LogP contribution in [-0.2, 0) is 4.79 Å². The molecule has 1 aliphatic heterocycles. The predicted molar refractivity (Wildman–Crippen MR) is 48.3 cm³/mol. The molecule has 1 saturated heterocycles. The molecule has 1 radical (unpaired) electrons. The summed E-state index contributed by atoms with van der Waals surface area (Å²) < 4.78 is 0. The largest absolute Gasteiger partial charge is 0.343 e. The Bertz CT molecular complexity index is 151. The molecule has 0 bridgehead atoms. The zero-order chi connectivity index (χ0) is 8.97. The second-order valence-corrected chi connectivity index (χ2v) is 3.36. The molecule has 0 aliphatic carbocycles. The highest BCUT2D eigenvalue weighted by molar-refractivity contribution is 5.76. The zero-order valence-corrected chi connectivity index (χ0v) is 7.46. The fourth-order valence-electron chi connectivity index (χ4n) is 1.46. The monoisotopic (exact) mass is 169 g/mol. The van der Waals surface area contributed by atoms with Gasteiger partial charge in [0.2, 0.25) is 5.91 Å². The van der Waals surface area contributed by atoms with Gasteiger partial charge in [0.05, 0.1) is 0 Å². The minimum atomic E-state index is 0.199. The summed E-state index contributed by atoms with van der Waals surface area (Å²) in [6, 6.07) is 0. The summed E-state index contributed by atoms with van der Waals surface area (Å²) in [7, 11) is 0. The number of nitrogens with two attached hydrogens (primary N) is 1. The third kappa shape index (κ3) is 2.48. The fourth-order valence-corrected chi connectivity index (χ4v) is 1.46. The number of amides is 1. The number of hydrogen-bond donors (Lipinski definition) is 1. The van der Waals surface area contributed by atoms with E-state index in [0.717, 1.165) is 25.9 Å². The summed E-state index contributed by atoms with van der Waals surface area (Å²) in [5.74, 6) is 0.733. The first-order valence-electron chi connectivity index (χ1n) is 4.55. The van der Waals surface area contributed by atoms with Crippen molar-refractivity contribution in [3.05, 3.63) is 6.92 Å². The van der Waals surface area contributed by atoms with E-state index >= 15 is 0 Å². The van der Waals surface area contributed by atoms with Crippen LogP contribution < -0.4 is 5.73 Å². The Morgan fingerprint density at radius 1 is 1.50 bits per heavy atom. The highest BCUT2D eigenvalue weighted by Crippen LogP contribution is 2.15. The summed E-state index contributed by atoms with van der Waals surface area (Å²) in [4.78, 5) is 13.2. The number of piperidine rings is 1. The lowest BCUT2D eigenvalue weighted by atomic mass is 9.99. The lowest BCUT2D eigenvalue weighted by Crippen LogP contribution is -2.38. The maximum Gasteiger partial charge on any atom is 0.223 e. The minimum Gasteiger partial charge on any atom is -0.343 e. The average Bonchev–Trinajstić information content (AvgIpc) is 2.06. The van der Waals surface area contributed by atoms with Gasteiger partial charge in [0.1, 0.15) is 0 Å². The average molecular weight is 169 g/mol. The Hall–Kier alpha value is -0.570. The van der Waals surface area contributed by atoms with E-state index in [4.69, 9.17) is 5.73 Å². The second kappa shape index (κ2) is 4.45. The third-order valence-corrected chi connectivity index (χ3v) is 2.33. The van der Waals surface area contributed by atoms with Crippen LogP contribution >= 0.6 is 0 Å². The van der Waals surface area contributed by atoms with E-state index in [1.54, 1.807) is 0 Å². The molecule has 2 N–H and O–H groups in total. The van der Waals surface area contributed by atoms with Gasteiger partial charge in [-0.25, -0.2) is 0 Å². The standard InChI is InChI=1S/C9H17N2O/c1-8-3-6-11(7-4-8)9(12)2-5-10/h8H,1-7,10H2. The lowest BCUT2D eigenvalue weighted by Gasteiger charge is -2.30. The summed E-state index contributed by atoms with van der Waals surface area (Å²) in [5.41, 5.74) is 5.30. The first kappa shape index (κ1) is 9.52. The van der Waals surface area contributed by atoms with Crippen LogP contribution in [0.2, 0.25) is 0 Å². The van der Waals surface area contributed by atoms with Crippen molar-refractivity contribution in [1.29, 1.82) is 0 Å². The van der Waals surface area contributed by atoms with E-state index in [9.17, 15) is 4.79 Å². The SMILES string of the molecule is [CH2]C1CCN(C(=O)CCN)CC1. The maximum absolute atomic E-state index is 11.3. The molecule has 1 amide bonds. The molecule has 1 heterocycles. The van der Waals surface area contributed by atoms with E-state index in [1.165, 1.54) is 0 Å². The van der Waals surface area contributed by atoms with Gasteiger partial charge in [0, 0.05) is 26.1 Å². The second-order valence-electron chi connectivity index (χ2n) is 3.36. The van der Waals surface area contributed by atoms with Crippen LogP contribution in [0.4, 0.5) is 0 Å². The molecular formula is C9H17N2O. The van der Waals surface area contributed by atoms with Crippen molar-refractivity contribution in [2.75, 3.05) is 19.6 Å². The quantitative estimate of drug-likeness (QED) is 0.650. The van der Waals surface area contributed by atoms with E-state index in [0.29, 0.717) is 18.9 Å². The van der Waals surface area contributed by atoms with Crippen LogP contribution in [0.5, 0.6) is 0 Å². The van der Waals surface area contributed by atoms with Gasteiger partial charge in [-0.05, 0) is 18.8 Å². The van der Waals surface area contributed by atoms with Crippen LogP contribution in [0.25, 0.3) is 0 Å². The van der Waals surface area contributed by atoms with Crippen molar-refractivity contribution in [3.8, 4) is 0 Å². The van der Waals surface area contributed by atoms with E-state index in [-0.39, 0.29) is 5.91 Å². The van der Waals surface area contributed by atoms with E-state index in [1.807, 2.05) is 4.90 Å². The molecule has 1 aliphatic rings. The van der Waals surface area contributed by atoms with Crippen molar-refractivity contribution in [2.24, 2.45) is 11.7 Å². The minimum absolute atomic E-state index is 0.199. The molecular weight excluding hydrogens is 152 g/mol. The van der Waals surface area contributed by atoms with Gasteiger partial charge < -0.3 is 10.6 Å². The number of carbonyl (C=O) groups is 1. The van der Waals surface area contributed by atoms with Gasteiger partial charge in [0.15, 0.2) is 0 Å². The molecule has 3 heteroatoms. The normalized spacial score (nSPS) is 19.7. The first-order chi connectivity index (χ1) is 5.74. The number of likely N-dealkylation sites (tertiary alicyclic amines) is 1. The Labute approximate surface area is 73.9 Å². The Morgan fingerprint density at radius 2 is 2.08 bits per heavy atom. The fraction of sp³-hybridized carbons (Fsp3) is 0.778. The molecule has 69 valence electrons. The zero-order valence-electron chi connectivity index (χ0n) is 7.46. The molecule has 0 saturated carbocycles. The van der Waals surface area contributed by atoms with E-state index < -0.39 is 0 Å². The number of hydrogen-bond acceptors (Lipinski definition) is 2. The van der Waals surface area contributed by atoms with Crippen LogP contribution in [0.15, 0.2) is 0 Å². The number of carbonyl (C=O) groups excluding carboxylic acids is 1. The predicted octanol–water partition coefficient (Wildman–Crippen LogP) is 0.408. The molecule has 0 aromatic carbocycles. The van der Waals surface area contributed by atoms with Crippen LogP contribution in [0.3, 0.4) is 0 Å². The molecule has 1 rings (SSSR count). The smallest absolute Gasteiger partial charge is 0.223 e. The molecule has 3 nitrogen and oxygen atoms in total. The van der Waals surface area contributed by atoms with Crippen LogP contribution in [-0.4, -0.2) is 30.4 Å². The Balaban J connectivity index is 2.29. The Morgan fingerprint density at radius 3 is 2.58 bits per heavy atom. The molecule has 0 aromatic heterocycles.